The molecule has 1 aromatic carbocycles. The number of hydrogen-bond acceptors (Lipinski definition) is 4. The van der Waals surface area contributed by atoms with Crippen molar-refractivity contribution in [3.8, 4) is 5.75 Å². The van der Waals surface area contributed by atoms with Gasteiger partial charge in [0.25, 0.3) is 0 Å². The molecule has 0 radical (unpaired) electrons. The zero-order valence-electron chi connectivity index (χ0n) is 9.66. The van der Waals surface area contributed by atoms with Gasteiger partial charge in [-0.25, -0.2) is 0 Å². The third-order valence-electron chi connectivity index (χ3n) is 2.27. The Morgan fingerprint density at radius 2 is 2.12 bits per heavy atom. The number of carbonyl (C=O) groups excluding carboxylic acids is 1. The van der Waals surface area contributed by atoms with Crippen LogP contribution in [0.2, 0.25) is 0 Å². The van der Waals surface area contributed by atoms with E-state index in [1.807, 2.05) is 0 Å². The molecular formula is C12H17NO3. The van der Waals surface area contributed by atoms with Crippen molar-refractivity contribution in [1.82, 2.24) is 0 Å². The zero-order chi connectivity index (χ0) is 12.0. The van der Waals surface area contributed by atoms with Crippen molar-refractivity contribution in [3.63, 3.8) is 0 Å². The van der Waals surface area contributed by atoms with Crippen molar-refractivity contribution in [2.45, 2.75) is 13.0 Å². The largest absolute Gasteiger partial charge is 0.496 e. The van der Waals surface area contributed by atoms with Gasteiger partial charge in [-0.1, -0.05) is 0 Å². The molecule has 0 spiro atoms. The Morgan fingerprint density at radius 1 is 1.38 bits per heavy atom. The normalized spacial score (nSPS) is 10.2. The number of benzene rings is 1. The van der Waals surface area contributed by atoms with Gasteiger partial charge in [0.15, 0.2) is 5.78 Å². The number of ketones is 1. The predicted molar refractivity (Wildman–Crippen MR) is 61.7 cm³/mol. The second-order valence-corrected chi connectivity index (χ2v) is 3.42. The Labute approximate surface area is 95.3 Å². The second-order valence-electron chi connectivity index (χ2n) is 3.42. The molecule has 0 amide bonds. The number of hydrogen-bond donors (Lipinski definition) is 1. The maximum absolute atomic E-state index is 11.6. The fourth-order valence-electron chi connectivity index (χ4n) is 1.50. The number of methoxy groups -OCH3 is 2. The molecule has 0 aliphatic rings. The summed E-state index contributed by atoms with van der Waals surface area (Å²) in [6.45, 7) is 0.789. The van der Waals surface area contributed by atoms with Crippen molar-refractivity contribution >= 4 is 5.78 Å². The predicted octanol–water partition coefficient (Wildman–Crippen LogP) is 1.37. The summed E-state index contributed by atoms with van der Waals surface area (Å²) in [6, 6.07) is 5.31. The molecule has 0 aliphatic carbocycles. The van der Waals surface area contributed by atoms with E-state index in [0.29, 0.717) is 25.1 Å². The lowest BCUT2D eigenvalue weighted by Gasteiger charge is -2.09. The van der Waals surface area contributed by atoms with Gasteiger partial charge < -0.3 is 15.2 Å². The van der Waals surface area contributed by atoms with Crippen LogP contribution < -0.4 is 10.5 Å². The minimum atomic E-state index is 0.0440. The van der Waals surface area contributed by atoms with Crippen LogP contribution in [-0.2, 0) is 11.3 Å². The van der Waals surface area contributed by atoms with Crippen LogP contribution in [0.1, 0.15) is 22.3 Å². The van der Waals surface area contributed by atoms with Crippen LogP contribution in [-0.4, -0.2) is 26.5 Å². The number of ether oxygens (including phenoxy) is 2. The maximum atomic E-state index is 11.6. The van der Waals surface area contributed by atoms with Gasteiger partial charge in [0, 0.05) is 24.7 Å². The molecule has 1 rings (SSSR count). The molecule has 88 valence electrons. The smallest absolute Gasteiger partial charge is 0.164 e. The van der Waals surface area contributed by atoms with Gasteiger partial charge in [-0.3, -0.25) is 4.79 Å². The first-order valence-corrected chi connectivity index (χ1v) is 5.12. The van der Waals surface area contributed by atoms with Gasteiger partial charge in [0.1, 0.15) is 5.75 Å². The monoisotopic (exact) mass is 223 g/mol. The third kappa shape index (κ3) is 3.05. The highest BCUT2D eigenvalue weighted by molar-refractivity contribution is 5.96. The van der Waals surface area contributed by atoms with Crippen LogP contribution in [0.4, 0.5) is 0 Å². The summed E-state index contributed by atoms with van der Waals surface area (Å²) < 4.78 is 10.2. The van der Waals surface area contributed by atoms with E-state index in [-0.39, 0.29) is 5.78 Å². The van der Waals surface area contributed by atoms with Gasteiger partial charge in [-0.2, -0.15) is 0 Å². The fourth-order valence-corrected chi connectivity index (χ4v) is 1.50. The van der Waals surface area contributed by atoms with Crippen molar-refractivity contribution < 1.29 is 14.3 Å². The molecule has 0 fully saturated rings. The molecule has 0 atom stereocenters. The number of carbonyl (C=O) groups is 1. The summed E-state index contributed by atoms with van der Waals surface area (Å²) in [4.78, 5) is 11.6. The molecule has 0 heterocycles. The van der Waals surface area contributed by atoms with Crippen molar-refractivity contribution in [2.24, 2.45) is 5.73 Å². The van der Waals surface area contributed by atoms with Gasteiger partial charge in [0.2, 0.25) is 0 Å². The van der Waals surface area contributed by atoms with Gasteiger partial charge in [-0.05, 0) is 24.7 Å². The average molecular weight is 223 g/mol. The van der Waals surface area contributed by atoms with Crippen molar-refractivity contribution in [3.05, 3.63) is 29.3 Å². The Morgan fingerprint density at radius 3 is 2.69 bits per heavy atom. The molecule has 16 heavy (non-hydrogen) atoms. The molecule has 2 N–H and O–H groups in total. The van der Waals surface area contributed by atoms with E-state index in [4.69, 9.17) is 15.2 Å². The molecule has 0 saturated carbocycles. The second kappa shape index (κ2) is 6.25. The highest BCUT2D eigenvalue weighted by atomic mass is 16.5. The minimum absolute atomic E-state index is 0.0440. The standard InChI is InChI=1S/C12H17NO3/c1-15-8-10-7-9(11(14)5-6-13)3-4-12(10)16-2/h3-4,7H,5-6,8,13H2,1-2H3. The highest BCUT2D eigenvalue weighted by Gasteiger charge is 2.09. The Balaban J connectivity index is 2.96. The lowest BCUT2D eigenvalue weighted by atomic mass is 10.0. The molecule has 4 nitrogen and oxygen atoms in total. The highest BCUT2D eigenvalue weighted by Crippen LogP contribution is 2.21. The van der Waals surface area contributed by atoms with E-state index in [0.717, 1.165) is 11.3 Å². The maximum Gasteiger partial charge on any atom is 0.164 e. The van der Waals surface area contributed by atoms with E-state index in [2.05, 4.69) is 0 Å². The first-order valence-electron chi connectivity index (χ1n) is 5.12. The molecule has 0 aromatic heterocycles. The summed E-state index contributed by atoms with van der Waals surface area (Å²) in [5.41, 5.74) is 6.87. The van der Waals surface area contributed by atoms with E-state index in [1.165, 1.54) is 0 Å². The van der Waals surface area contributed by atoms with Gasteiger partial charge in [-0.15, -0.1) is 0 Å². The van der Waals surface area contributed by atoms with Gasteiger partial charge >= 0.3 is 0 Å². The average Bonchev–Trinajstić information content (AvgIpc) is 2.29. The Hall–Kier alpha value is -1.39. The van der Waals surface area contributed by atoms with E-state index in [9.17, 15) is 4.79 Å². The summed E-state index contributed by atoms with van der Waals surface area (Å²) in [5.74, 6) is 0.772. The molecule has 0 bridgehead atoms. The molecule has 0 aliphatic heterocycles. The lowest BCUT2D eigenvalue weighted by molar-refractivity contribution is 0.0985. The molecule has 0 saturated heterocycles. The summed E-state index contributed by atoms with van der Waals surface area (Å²) in [6.07, 6.45) is 0.360. The van der Waals surface area contributed by atoms with Crippen molar-refractivity contribution in [1.29, 1.82) is 0 Å². The molecule has 4 heteroatoms. The number of Topliss-reactive ketones (excluding diaryl/α,β-unsaturated/α-hetero) is 1. The first-order chi connectivity index (χ1) is 7.72. The van der Waals surface area contributed by atoms with Crippen LogP contribution in [0.5, 0.6) is 5.75 Å². The van der Waals surface area contributed by atoms with Gasteiger partial charge in [0.05, 0.1) is 13.7 Å². The lowest BCUT2D eigenvalue weighted by Crippen LogP contribution is -2.08. The topological polar surface area (TPSA) is 61.5 Å². The number of nitrogens with two attached hydrogens (primary N) is 1. The Kier molecular flexibility index (Phi) is 4.95. The van der Waals surface area contributed by atoms with Crippen LogP contribution >= 0.6 is 0 Å². The summed E-state index contributed by atoms with van der Waals surface area (Å²) >= 11 is 0. The van der Waals surface area contributed by atoms with Crippen molar-refractivity contribution in [2.75, 3.05) is 20.8 Å². The first kappa shape index (κ1) is 12.7. The third-order valence-corrected chi connectivity index (χ3v) is 2.27. The zero-order valence-corrected chi connectivity index (χ0v) is 9.66. The van der Waals surface area contributed by atoms with E-state index >= 15 is 0 Å². The minimum Gasteiger partial charge on any atom is -0.496 e. The summed E-state index contributed by atoms with van der Waals surface area (Å²) in [7, 11) is 3.20. The number of rotatable bonds is 6. The fraction of sp³-hybridized carbons (Fsp3) is 0.417. The van der Waals surface area contributed by atoms with Crippen LogP contribution in [0.15, 0.2) is 18.2 Å². The molecule has 1 aromatic rings. The molecule has 0 unspecified atom stereocenters. The van der Waals surface area contributed by atoms with Crippen LogP contribution in [0.3, 0.4) is 0 Å². The summed E-state index contributed by atoms with van der Waals surface area (Å²) in [5, 5.41) is 0. The molecular weight excluding hydrogens is 206 g/mol. The van der Waals surface area contributed by atoms with Crippen LogP contribution in [0, 0.1) is 0 Å². The SMILES string of the molecule is COCc1cc(C(=O)CCN)ccc1OC. The quantitative estimate of drug-likeness (QED) is 0.740. The van der Waals surface area contributed by atoms with E-state index in [1.54, 1.807) is 32.4 Å². The Bertz CT molecular complexity index is 363. The van der Waals surface area contributed by atoms with Crippen LogP contribution in [0.25, 0.3) is 0 Å². The van der Waals surface area contributed by atoms with E-state index < -0.39 is 0 Å².